The maximum atomic E-state index is 11.3. The Morgan fingerprint density at radius 2 is 1.61 bits per heavy atom. The fourth-order valence-electron chi connectivity index (χ4n) is 1.73. The van der Waals surface area contributed by atoms with Gasteiger partial charge < -0.3 is 14.6 Å². The van der Waals surface area contributed by atoms with Crippen molar-refractivity contribution in [2.45, 2.75) is 19.9 Å². The molecule has 0 bridgehead atoms. The van der Waals surface area contributed by atoms with Crippen LogP contribution in [0.5, 0.6) is 0 Å². The Hall–Kier alpha value is -1.66. The molecule has 2 N–H and O–H groups in total. The third kappa shape index (κ3) is 3.68. The van der Waals surface area contributed by atoms with E-state index in [0.29, 0.717) is 6.04 Å². The number of hydrogen-bond acceptors (Lipinski definition) is 5. The smallest absolute Gasteiger partial charge is 0.482 e. The topological polar surface area (TPSA) is 78.6 Å². The average Bonchev–Trinajstić information content (AvgIpc) is 2.28. The molecule has 0 fully saturated rings. The largest absolute Gasteiger partial charge is 0.500 e. The van der Waals surface area contributed by atoms with E-state index in [9.17, 15) is 9.59 Å². The second-order valence-electron chi connectivity index (χ2n) is 3.84. The second-order valence-corrected chi connectivity index (χ2v) is 6.84. The lowest BCUT2D eigenvalue weighted by atomic mass is 10.4. The lowest BCUT2D eigenvalue weighted by Crippen LogP contribution is -2.56. The molecule has 0 spiro atoms. The van der Waals surface area contributed by atoms with Crippen molar-refractivity contribution >= 4 is 25.7 Å². The Kier molecular flexibility index (Phi) is 5.05. The van der Waals surface area contributed by atoms with Gasteiger partial charge in [0.05, 0.1) is 0 Å². The van der Waals surface area contributed by atoms with Gasteiger partial charge in [-0.1, -0.05) is 30.3 Å². The molecule has 0 unspecified atom stereocenters. The summed E-state index contributed by atoms with van der Waals surface area (Å²) >= 11 is 0. The van der Waals surface area contributed by atoms with Crippen LogP contribution in [-0.2, 0) is 18.4 Å². The van der Waals surface area contributed by atoms with Crippen molar-refractivity contribution < 1.29 is 18.4 Å². The highest BCUT2D eigenvalue weighted by Crippen LogP contribution is 2.14. The summed E-state index contributed by atoms with van der Waals surface area (Å²) in [6.07, 6.45) is 0. The Morgan fingerprint density at radius 3 is 2.00 bits per heavy atom. The summed E-state index contributed by atoms with van der Waals surface area (Å²) in [5, 5.41) is 0.723. The summed E-state index contributed by atoms with van der Waals surface area (Å²) in [5.41, 5.74) is 5.56. The van der Waals surface area contributed by atoms with Crippen LogP contribution in [0.2, 0.25) is 6.04 Å². The minimum absolute atomic E-state index is 0.279. The molecule has 0 amide bonds. The van der Waals surface area contributed by atoms with E-state index in [-0.39, 0.29) is 6.54 Å². The zero-order chi connectivity index (χ0) is 13.6. The number of benzene rings is 1. The number of carbonyl (C=O) groups is 2. The first-order chi connectivity index (χ1) is 8.50. The fourth-order valence-corrected chi connectivity index (χ4v) is 4.51. The fraction of sp³-hybridized carbons (Fsp3) is 0.333. The molecule has 18 heavy (non-hydrogen) atoms. The third-order valence-electron chi connectivity index (χ3n) is 2.30. The summed E-state index contributed by atoms with van der Waals surface area (Å²) in [6.45, 7) is 2.87. The normalized spacial score (nSPS) is 10.8. The van der Waals surface area contributed by atoms with Crippen LogP contribution in [0.25, 0.3) is 0 Å². The molecule has 1 rings (SSSR count). The molecule has 98 valence electrons. The summed E-state index contributed by atoms with van der Waals surface area (Å²) in [4.78, 5) is 22.5. The van der Waals surface area contributed by atoms with Gasteiger partial charge in [0.1, 0.15) is 0 Å². The molecule has 0 saturated heterocycles. The van der Waals surface area contributed by atoms with Gasteiger partial charge in [0.2, 0.25) is 0 Å². The molecule has 0 saturated carbocycles. The molecule has 0 atom stereocenters. The first kappa shape index (κ1) is 14.4. The van der Waals surface area contributed by atoms with Crippen LogP contribution in [0.4, 0.5) is 0 Å². The van der Waals surface area contributed by atoms with Crippen molar-refractivity contribution in [2.24, 2.45) is 5.73 Å². The molecule has 0 heterocycles. The van der Waals surface area contributed by atoms with E-state index in [1.807, 2.05) is 6.07 Å². The molecule has 0 aliphatic rings. The van der Waals surface area contributed by atoms with Crippen LogP contribution in [0.15, 0.2) is 30.3 Å². The van der Waals surface area contributed by atoms with Crippen LogP contribution in [0.1, 0.15) is 13.8 Å². The van der Waals surface area contributed by atoms with Crippen LogP contribution < -0.4 is 10.9 Å². The molecular formula is C12H17NO4Si. The Morgan fingerprint density at radius 1 is 1.11 bits per heavy atom. The quantitative estimate of drug-likeness (QED) is 0.782. The number of hydrogen-bond donors (Lipinski definition) is 1. The van der Waals surface area contributed by atoms with E-state index < -0.39 is 20.5 Å². The Labute approximate surface area is 107 Å². The van der Waals surface area contributed by atoms with E-state index in [0.717, 1.165) is 5.19 Å². The molecule has 0 aromatic heterocycles. The van der Waals surface area contributed by atoms with E-state index >= 15 is 0 Å². The monoisotopic (exact) mass is 267 g/mol. The predicted molar refractivity (Wildman–Crippen MR) is 69.2 cm³/mol. The maximum Gasteiger partial charge on any atom is 0.500 e. The molecule has 0 aliphatic heterocycles. The van der Waals surface area contributed by atoms with Gasteiger partial charge in [0.25, 0.3) is 11.9 Å². The SMILES string of the molecule is CC(=O)O[Si](CCN)(OC(C)=O)c1ccccc1. The predicted octanol–water partition coefficient (Wildman–Crippen LogP) is 0.421. The van der Waals surface area contributed by atoms with Gasteiger partial charge in [0, 0.05) is 25.1 Å². The standard InChI is InChI=1S/C12H17NO4Si/c1-10(14)16-18(9-8-13,17-11(2)15)12-6-4-3-5-7-12/h3-7H,8-9,13H2,1-2H3. The van der Waals surface area contributed by atoms with Crippen molar-refractivity contribution in [3.8, 4) is 0 Å². The summed E-state index contributed by atoms with van der Waals surface area (Å²) in [5.74, 6) is -0.944. The van der Waals surface area contributed by atoms with Gasteiger partial charge in [-0.25, -0.2) is 0 Å². The molecule has 1 aromatic rings. The average molecular weight is 267 g/mol. The minimum atomic E-state index is -3.12. The molecule has 1 aromatic carbocycles. The zero-order valence-electron chi connectivity index (χ0n) is 10.5. The van der Waals surface area contributed by atoms with Gasteiger partial charge in [-0.2, -0.15) is 0 Å². The molecule has 5 nitrogen and oxygen atoms in total. The number of nitrogens with two attached hydrogens (primary N) is 1. The summed E-state index contributed by atoms with van der Waals surface area (Å²) < 4.78 is 10.7. The van der Waals surface area contributed by atoms with Crippen LogP contribution in [-0.4, -0.2) is 27.0 Å². The van der Waals surface area contributed by atoms with E-state index in [1.165, 1.54) is 13.8 Å². The van der Waals surface area contributed by atoms with Gasteiger partial charge in [-0.3, -0.25) is 9.59 Å². The summed E-state index contributed by atoms with van der Waals surface area (Å²) in [6, 6.07) is 9.37. The van der Waals surface area contributed by atoms with Gasteiger partial charge in [-0.15, -0.1) is 0 Å². The second kappa shape index (κ2) is 6.32. The molecule has 0 aliphatic carbocycles. The van der Waals surface area contributed by atoms with Gasteiger partial charge in [-0.05, 0) is 6.54 Å². The van der Waals surface area contributed by atoms with E-state index in [2.05, 4.69) is 0 Å². The van der Waals surface area contributed by atoms with Crippen LogP contribution in [0.3, 0.4) is 0 Å². The Bertz CT molecular complexity index is 405. The highest BCUT2D eigenvalue weighted by molar-refractivity contribution is 6.83. The van der Waals surface area contributed by atoms with Gasteiger partial charge in [0.15, 0.2) is 0 Å². The van der Waals surface area contributed by atoms with Crippen molar-refractivity contribution in [2.75, 3.05) is 6.54 Å². The number of carbonyl (C=O) groups excluding carboxylic acids is 2. The Balaban J connectivity index is 3.18. The highest BCUT2D eigenvalue weighted by Gasteiger charge is 2.45. The molecule has 6 heteroatoms. The van der Waals surface area contributed by atoms with E-state index in [4.69, 9.17) is 14.6 Å². The van der Waals surface area contributed by atoms with Crippen molar-refractivity contribution in [3.63, 3.8) is 0 Å². The van der Waals surface area contributed by atoms with E-state index in [1.54, 1.807) is 24.3 Å². The highest BCUT2D eigenvalue weighted by atomic mass is 28.4. The lowest BCUT2D eigenvalue weighted by Gasteiger charge is -2.28. The third-order valence-corrected chi connectivity index (χ3v) is 5.70. The molecule has 0 radical (unpaired) electrons. The maximum absolute atomic E-state index is 11.3. The van der Waals surface area contributed by atoms with Crippen LogP contribution in [0, 0.1) is 0 Å². The summed E-state index contributed by atoms with van der Waals surface area (Å²) in [7, 11) is -3.12. The van der Waals surface area contributed by atoms with Crippen molar-refractivity contribution in [1.82, 2.24) is 0 Å². The number of rotatable bonds is 5. The van der Waals surface area contributed by atoms with Crippen LogP contribution >= 0.6 is 0 Å². The lowest BCUT2D eigenvalue weighted by molar-refractivity contribution is -0.138. The van der Waals surface area contributed by atoms with Gasteiger partial charge >= 0.3 is 8.56 Å². The van der Waals surface area contributed by atoms with Crippen molar-refractivity contribution in [3.05, 3.63) is 30.3 Å². The first-order valence-corrected chi connectivity index (χ1v) is 7.67. The van der Waals surface area contributed by atoms with Crippen molar-refractivity contribution in [1.29, 1.82) is 0 Å². The minimum Gasteiger partial charge on any atom is -0.482 e. The zero-order valence-corrected chi connectivity index (χ0v) is 11.5. The molecular weight excluding hydrogens is 250 g/mol. The first-order valence-electron chi connectivity index (χ1n) is 5.65.